The van der Waals surface area contributed by atoms with Gasteiger partial charge in [-0.3, -0.25) is 9.59 Å². The van der Waals surface area contributed by atoms with Crippen molar-refractivity contribution >= 4 is 17.9 Å². The van der Waals surface area contributed by atoms with Crippen molar-refractivity contribution in [1.82, 2.24) is 0 Å². The zero-order chi connectivity index (χ0) is 44.2. The van der Waals surface area contributed by atoms with E-state index in [4.69, 9.17) is 14.2 Å². The molecule has 0 aliphatic carbocycles. The van der Waals surface area contributed by atoms with Crippen molar-refractivity contribution in [2.45, 2.75) is 238 Å². The molecular weight excluding hydrogens is 751 g/mol. The Bertz CT molecular complexity index is 1080. The Balaban J connectivity index is 4.23. The number of carboxylic acids is 1. The number of ether oxygens (including phenoxy) is 3. The van der Waals surface area contributed by atoms with Gasteiger partial charge in [0.1, 0.15) is 12.6 Å². The normalized spacial score (nSPS) is 13.2. The molecule has 0 saturated carbocycles. The number of rotatable bonds is 45. The lowest BCUT2D eigenvalue weighted by Crippen LogP contribution is -2.55. The maximum atomic E-state index is 12.8. The van der Waals surface area contributed by atoms with E-state index in [1.165, 1.54) is 135 Å². The molecular formula is C52H95NO7. The lowest BCUT2D eigenvalue weighted by atomic mass is 10.0. The quantitative estimate of drug-likeness (QED) is 0.0260. The van der Waals surface area contributed by atoms with Gasteiger partial charge in [0.15, 0.2) is 6.10 Å². The minimum absolute atomic E-state index is 0.0430. The number of carbonyl (C=O) groups excluding carboxylic acids is 3. The Morgan fingerprint density at radius 1 is 0.517 bits per heavy atom. The molecule has 0 spiro atoms. The molecule has 0 amide bonds. The van der Waals surface area contributed by atoms with Crippen molar-refractivity contribution in [1.29, 1.82) is 0 Å². The first-order chi connectivity index (χ1) is 29.1. The minimum Gasteiger partial charge on any atom is -0.544 e. The molecule has 0 aliphatic heterocycles. The molecule has 0 radical (unpaired) electrons. The molecule has 0 saturated heterocycles. The first-order valence-electron chi connectivity index (χ1n) is 25.0. The lowest BCUT2D eigenvalue weighted by Gasteiger charge is -2.34. The SMILES string of the molecule is CC/C=C/C/C=C/C/C=C/CCCCCCCCCCCCC(=O)OCC(COCCC(C(=O)[O-])[N+](C)(C)C)OC(=O)CCCCCCCCCCCCCCCCCC. The van der Waals surface area contributed by atoms with E-state index in [9.17, 15) is 19.5 Å². The molecule has 0 rings (SSSR count). The highest BCUT2D eigenvalue weighted by Gasteiger charge is 2.25. The van der Waals surface area contributed by atoms with E-state index in [-0.39, 0.29) is 42.7 Å². The topological polar surface area (TPSA) is 102 Å². The van der Waals surface area contributed by atoms with Gasteiger partial charge < -0.3 is 28.6 Å². The molecule has 0 aliphatic rings. The Morgan fingerprint density at radius 3 is 1.38 bits per heavy atom. The van der Waals surface area contributed by atoms with E-state index in [0.29, 0.717) is 12.8 Å². The first-order valence-corrected chi connectivity index (χ1v) is 25.0. The zero-order valence-corrected chi connectivity index (χ0v) is 39.9. The number of unbranched alkanes of at least 4 members (excludes halogenated alkanes) is 25. The van der Waals surface area contributed by atoms with Gasteiger partial charge in [-0.15, -0.1) is 0 Å². The average Bonchev–Trinajstić information content (AvgIpc) is 3.21. The second-order valence-corrected chi connectivity index (χ2v) is 18.0. The Morgan fingerprint density at radius 2 is 0.933 bits per heavy atom. The van der Waals surface area contributed by atoms with Crippen molar-refractivity contribution in [3.05, 3.63) is 36.5 Å². The van der Waals surface area contributed by atoms with Crippen LogP contribution in [0.3, 0.4) is 0 Å². The molecule has 0 aromatic heterocycles. The first kappa shape index (κ1) is 57.5. The van der Waals surface area contributed by atoms with Crippen molar-refractivity contribution in [3.8, 4) is 0 Å². The fourth-order valence-corrected chi connectivity index (χ4v) is 7.44. The van der Waals surface area contributed by atoms with E-state index < -0.39 is 18.1 Å². The van der Waals surface area contributed by atoms with Gasteiger partial charge in [-0.25, -0.2) is 0 Å². The molecule has 2 atom stereocenters. The van der Waals surface area contributed by atoms with Crippen LogP contribution in [0.1, 0.15) is 226 Å². The fraction of sp³-hybridized carbons (Fsp3) is 0.827. The van der Waals surface area contributed by atoms with E-state index in [1.54, 1.807) is 21.1 Å². The highest BCUT2D eigenvalue weighted by Crippen LogP contribution is 2.16. The largest absolute Gasteiger partial charge is 0.544 e. The van der Waals surface area contributed by atoms with E-state index in [2.05, 4.69) is 50.3 Å². The number of carbonyl (C=O) groups is 3. The summed E-state index contributed by atoms with van der Waals surface area (Å²) < 4.78 is 17.2. The third-order valence-electron chi connectivity index (χ3n) is 11.3. The molecule has 8 heteroatoms. The summed E-state index contributed by atoms with van der Waals surface area (Å²) >= 11 is 0. The monoisotopic (exact) mass is 846 g/mol. The predicted octanol–water partition coefficient (Wildman–Crippen LogP) is 12.9. The van der Waals surface area contributed by atoms with Gasteiger partial charge in [0.05, 0.1) is 40.3 Å². The van der Waals surface area contributed by atoms with Gasteiger partial charge in [0.25, 0.3) is 0 Å². The highest BCUT2D eigenvalue weighted by atomic mass is 16.6. The summed E-state index contributed by atoms with van der Waals surface area (Å²) in [6.45, 7) is 4.58. The summed E-state index contributed by atoms with van der Waals surface area (Å²) in [6.07, 6.45) is 50.2. The molecule has 60 heavy (non-hydrogen) atoms. The van der Waals surface area contributed by atoms with E-state index in [0.717, 1.165) is 57.8 Å². The molecule has 350 valence electrons. The van der Waals surface area contributed by atoms with Crippen LogP contribution in [0.5, 0.6) is 0 Å². The summed E-state index contributed by atoms with van der Waals surface area (Å²) in [5.74, 6) is -1.73. The summed E-state index contributed by atoms with van der Waals surface area (Å²) in [4.78, 5) is 37.0. The molecule has 0 aromatic carbocycles. The third-order valence-corrected chi connectivity index (χ3v) is 11.3. The van der Waals surface area contributed by atoms with Crippen molar-refractivity contribution in [2.24, 2.45) is 0 Å². The second-order valence-electron chi connectivity index (χ2n) is 18.0. The van der Waals surface area contributed by atoms with Gasteiger partial charge in [0, 0.05) is 19.3 Å². The van der Waals surface area contributed by atoms with Crippen LogP contribution in [0.2, 0.25) is 0 Å². The van der Waals surface area contributed by atoms with Crippen LogP contribution in [0.15, 0.2) is 36.5 Å². The summed E-state index contributed by atoms with van der Waals surface area (Å²) in [7, 11) is 5.42. The number of carboxylic acid groups (broad SMARTS) is 1. The fourth-order valence-electron chi connectivity index (χ4n) is 7.44. The van der Waals surface area contributed by atoms with Gasteiger partial charge in [-0.05, 0) is 44.9 Å². The lowest BCUT2D eigenvalue weighted by molar-refractivity contribution is -0.889. The molecule has 0 fully saturated rings. The minimum atomic E-state index is -1.12. The number of hydrogen-bond donors (Lipinski definition) is 0. The van der Waals surface area contributed by atoms with Gasteiger partial charge in [0.2, 0.25) is 0 Å². The van der Waals surface area contributed by atoms with Crippen LogP contribution in [-0.2, 0) is 28.6 Å². The van der Waals surface area contributed by atoms with E-state index >= 15 is 0 Å². The Hall–Kier alpha value is -2.45. The van der Waals surface area contributed by atoms with Crippen LogP contribution in [-0.4, -0.2) is 75.5 Å². The van der Waals surface area contributed by atoms with Crippen molar-refractivity contribution in [3.63, 3.8) is 0 Å². The number of nitrogens with zero attached hydrogens (tertiary/aromatic N) is 1. The number of quaternary nitrogens is 1. The Labute approximate surface area is 370 Å². The number of hydrogen-bond acceptors (Lipinski definition) is 7. The van der Waals surface area contributed by atoms with Gasteiger partial charge in [-0.1, -0.05) is 198 Å². The van der Waals surface area contributed by atoms with Crippen LogP contribution >= 0.6 is 0 Å². The number of esters is 2. The molecule has 0 aromatic rings. The van der Waals surface area contributed by atoms with Crippen LogP contribution in [0.25, 0.3) is 0 Å². The molecule has 8 nitrogen and oxygen atoms in total. The maximum Gasteiger partial charge on any atom is 0.306 e. The number of aliphatic carboxylic acids is 1. The van der Waals surface area contributed by atoms with Gasteiger partial charge >= 0.3 is 11.9 Å². The highest BCUT2D eigenvalue weighted by molar-refractivity contribution is 5.70. The third kappa shape index (κ3) is 40.9. The number of allylic oxidation sites excluding steroid dienone is 6. The number of likely N-dealkylation sites (N-methyl/N-ethyl adjacent to an activating group) is 1. The Kier molecular flexibility index (Phi) is 41.4. The smallest absolute Gasteiger partial charge is 0.306 e. The van der Waals surface area contributed by atoms with Crippen LogP contribution in [0.4, 0.5) is 0 Å². The van der Waals surface area contributed by atoms with Crippen molar-refractivity contribution in [2.75, 3.05) is 41.0 Å². The molecule has 0 bridgehead atoms. The molecule has 0 heterocycles. The summed E-state index contributed by atoms with van der Waals surface area (Å²) in [5.41, 5.74) is 0. The average molecular weight is 846 g/mol. The zero-order valence-electron chi connectivity index (χ0n) is 39.9. The van der Waals surface area contributed by atoms with E-state index in [1.807, 2.05) is 0 Å². The van der Waals surface area contributed by atoms with Crippen LogP contribution < -0.4 is 5.11 Å². The van der Waals surface area contributed by atoms with Crippen molar-refractivity contribution < 1.29 is 38.2 Å². The summed E-state index contributed by atoms with van der Waals surface area (Å²) in [6, 6.07) is -0.724. The van der Waals surface area contributed by atoms with Crippen LogP contribution in [0, 0.1) is 0 Å². The predicted molar refractivity (Wildman–Crippen MR) is 250 cm³/mol. The summed E-state index contributed by atoms with van der Waals surface area (Å²) in [5, 5.41) is 11.7. The second kappa shape index (κ2) is 43.2. The molecule has 0 N–H and O–H groups in total. The van der Waals surface area contributed by atoms with Gasteiger partial charge in [-0.2, -0.15) is 0 Å². The maximum absolute atomic E-state index is 12.8. The standard InChI is InChI=1S/C52H95NO7/c1-6-8-10-12-14-16-18-20-22-24-25-26-27-29-30-32-34-36-38-40-42-50(54)59-47-48(46-58-45-44-49(52(56)57)53(3,4)5)60-51(55)43-41-39-37-35-33-31-28-23-21-19-17-15-13-11-9-7-2/h8,10,14,16,20,22,48-49H,6-7,9,11-13,15,17-19,21,23-47H2,1-5H3/b10-8+,16-14+,22-20+. The molecule has 2 unspecified atom stereocenters.